The Bertz CT molecular complexity index is 992. The maximum atomic E-state index is 11.5. The van der Waals surface area contributed by atoms with Crippen LogP contribution in [-0.2, 0) is 19.3 Å². The fraction of sp³-hybridized carbons (Fsp3) is 0.474. The molecule has 10 nitrogen and oxygen atoms in total. The Labute approximate surface area is 176 Å². The lowest BCUT2D eigenvalue weighted by atomic mass is 10.1. The molecule has 11 heteroatoms. The summed E-state index contributed by atoms with van der Waals surface area (Å²) in [4.78, 5) is 19.1. The minimum absolute atomic E-state index is 0.0456. The van der Waals surface area contributed by atoms with Crippen LogP contribution < -0.4 is 19.1 Å². The number of carbonyl (C=O) groups is 1. The van der Waals surface area contributed by atoms with Crippen LogP contribution in [-0.4, -0.2) is 77.8 Å². The third kappa shape index (κ3) is 4.91. The number of methoxy groups -OCH3 is 2. The first kappa shape index (κ1) is 22.1. The number of nitrogens with one attached hydrogen (secondary N) is 1. The predicted molar refractivity (Wildman–Crippen MR) is 112 cm³/mol. The number of carbonyl (C=O) groups excluding carboxylic acids is 1. The zero-order chi connectivity index (χ0) is 21.7. The number of ether oxygens (including phenoxy) is 2. The molecule has 1 unspecified atom stereocenters. The highest BCUT2D eigenvalue weighted by molar-refractivity contribution is 7.85. The highest BCUT2D eigenvalue weighted by atomic mass is 32.2. The van der Waals surface area contributed by atoms with E-state index in [1.807, 2.05) is 25.1 Å². The Hall–Kier alpha value is -2.63. The molecular weight excluding hydrogens is 412 g/mol. The van der Waals surface area contributed by atoms with Gasteiger partial charge in [0.05, 0.1) is 19.7 Å². The predicted octanol–water partition coefficient (Wildman–Crippen LogP) is 0.770. The molecule has 3 rings (SSSR count). The fourth-order valence-electron chi connectivity index (χ4n) is 3.58. The van der Waals surface area contributed by atoms with Crippen molar-refractivity contribution >= 4 is 33.4 Å². The zero-order valence-corrected chi connectivity index (χ0v) is 18.0. The zero-order valence-electron chi connectivity index (χ0n) is 17.2. The van der Waals surface area contributed by atoms with Gasteiger partial charge in [-0.15, -0.1) is 0 Å². The van der Waals surface area contributed by atoms with Gasteiger partial charge in [-0.3, -0.25) is 14.7 Å². The maximum Gasteiger partial charge on any atom is 0.384 e. The van der Waals surface area contributed by atoms with Gasteiger partial charge in [-0.1, -0.05) is 0 Å². The standard InChI is InChI=1S/C19H26N4O6S/c1-14(12-21-30(25,26)29-13-24)22-6-8-23(9-7-22)17-4-5-20-16-11-19(28-3)18(27-2)10-15(16)17/h4-5,10-11,13-14,21H,6-9,12H2,1-3H3. The summed E-state index contributed by atoms with van der Waals surface area (Å²) in [6, 6.07) is 5.74. The molecule has 30 heavy (non-hydrogen) atoms. The van der Waals surface area contributed by atoms with Gasteiger partial charge < -0.3 is 18.6 Å². The average Bonchev–Trinajstić information content (AvgIpc) is 2.76. The van der Waals surface area contributed by atoms with E-state index in [0.717, 1.165) is 42.8 Å². The van der Waals surface area contributed by atoms with Crippen LogP contribution in [0.1, 0.15) is 6.92 Å². The van der Waals surface area contributed by atoms with Crippen molar-refractivity contribution in [2.75, 3.05) is 51.8 Å². The van der Waals surface area contributed by atoms with E-state index in [9.17, 15) is 13.2 Å². The van der Waals surface area contributed by atoms with Crippen molar-refractivity contribution in [1.82, 2.24) is 14.6 Å². The Morgan fingerprint density at radius 2 is 1.83 bits per heavy atom. The molecule has 0 spiro atoms. The van der Waals surface area contributed by atoms with Crippen LogP contribution >= 0.6 is 0 Å². The highest BCUT2D eigenvalue weighted by Crippen LogP contribution is 2.35. The summed E-state index contributed by atoms with van der Waals surface area (Å²) >= 11 is 0. The molecule has 1 N–H and O–H groups in total. The van der Waals surface area contributed by atoms with Crippen molar-refractivity contribution in [3.8, 4) is 11.5 Å². The topological polar surface area (TPSA) is 110 Å². The average molecular weight is 439 g/mol. The summed E-state index contributed by atoms with van der Waals surface area (Å²) < 4.78 is 40.1. The van der Waals surface area contributed by atoms with Crippen LogP contribution in [0.2, 0.25) is 0 Å². The summed E-state index contributed by atoms with van der Waals surface area (Å²) in [5, 5.41) is 0.982. The molecule has 0 saturated carbocycles. The maximum absolute atomic E-state index is 11.5. The largest absolute Gasteiger partial charge is 0.493 e. The van der Waals surface area contributed by atoms with E-state index in [4.69, 9.17) is 9.47 Å². The van der Waals surface area contributed by atoms with Gasteiger partial charge >= 0.3 is 16.8 Å². The third-order valence-corrected chi connectivity index (χ3v) is 6.08. The first-order valence-electron chi connectivity index (χ1n) is 9.49. The third-order valence-electron chi connectivity index (χ3n) is 5.22. The molecule has 1 fully saturated rings. The summed E-state index contributed by atoms with van der Waals surface area (Å²) in [6.07, 6.45) is 1.78. The number of benzene rings is 1. The van der Waals surface area contributed by atoms with Gasteiger partial charge in [-0.05, 0) is 19.1 Å². The number of pyridine rings is 1. The number of hydrogen-bond donors (Lipinski definition) is 1. The number of anilines is 1. The van der Waals surface area contributed by atoms with E-state index in [1.54, 1.807) is 20.4 Å². The molecule has 2 aromatic rings. The van der Waals surface area contributed by atoms with Crippen molar-refractivity contribution in [2.24, 2.45) is 0 Å². The summed E-state index contributed by atoms with van der Waals surface area (Å²) in [6.45, 7) is 5.05. The lowest BCUT2D eigenvalue weighted by Crippen LogP contribution is -2.52. The highest BCUT2D eigenvalue weighted by Gasteiger charge is 2.24. The molecule has 1 atom stereocenters. The molecular formula is C19H26N4O6S. The van der Waals surface area contributed by atoms with Crippen molar-refractivity contribution in [3.63, 3.8) is 0 Å². The number of rotatable bonds is 9. The van der Waals surface area contributed by atoms with E-state index in [0.29, 0.717) is 11.5 Å². The van der Waals surface area contributed by atoms with Crippen LogP contribution in [0, 0.1) is 0 Å². The Morgan fingerprint density at radius 1 is 1.17 bits per heavy atom. The number of nitrogens with zero attached hydrogens (tertiary/aromatic N) is 3. The van der Waals surface area contributed by atoms with Gasteiger partial charge in [0.25, 0.3) is 0 Å². The van der Waals surface area contributed by atoms with Crippen molar-refractivity contribution in [3.05, 3.63) is 24.4 Å². The molecule has 0 radical (unpaired) electrons. The second-order valence-electron chi connectivity index (χ2n) is 6.92. The molecule has 1 aromatic heterocycles. The number of aromatic nitrogens is 1. The summed E-state index contributed by atoms with van der Waals surface area (Å²) in [5.41, 5.74) is 1.89. The Kier molecular flexibility index (Phi) is 6.95. The molecule has 0 amide bonds. The Balaban J connectivity index is 1.69. The minimum Gasteiger partial charge on any atom is -0.493 e. The lowest BCUT2D eigenvalue weighted by Gasteiger charge is -2.39. The minimum atomic E-state index is -4.04. The normalized spacial score (nSPS) is 16.3. The van der Waals surface area contributed by atoms with Gasteiger partial charge in [0, 0.05) is 62.1 Å². The number of hydrogen-bond acceptors (Lipinski definition) is 9. The van der Waals surface area contributed by atoms with E-state index < -0.39 is 10.3 Å². The molecule has 2 heterocycles. The quantitative estimate of drug-likeness (QED) is 0.568. The van der Waals surface area contributed by atoms with Crippen LogP contribution in [0.15, 0.2) is 24.4 Å². The summed E-state index contributed by atoms with van der Waals surface area (Å²) in [7, 11) is -0.838. The van der Waals surface area contributed by atoms with Crippen LogP contribution in [0.3, 0.4) is 0 Å². The number of fused-ring (bicyclic) bond motifs is 1. The molecule has 164 valence electrons. The van der Waals surface area contributed by atoms with Gasteiger partial charge in [0.1, 0.15) is 0 Å². The van der Waals surface area contributed by atoms with Crippen LogP contribution in [0.4, 0.5) is 5.69 Å². The SMILES string of the molecule is COc1cc2nccc(N3CCN(C(C)CNS(=O)(=O)OC=O)CC3)c2cc1OC. The van der Waals surface area contributed by atoms with E-state index in [2.05, 4.69) is 23.7 Å². The second-order valence-corrected chi connectivity index (χ2v) is 8.31. The molecule has 1 aromatic carbocycles. The molecule has 0 bridgehead atoms. The van der Waals surface area contributed by atoms with Gasteiger partial charge in [0.15, 0.2) is 11.5 Å². The lowest BCUT2D eigenvalue weighted by molar-refractivity contribution is -0.120. The van der Waals surface area contributed by atoms with Crippen molar-refractivity contribution < 1.29 is 26.9 Å². The first-order valence-corrected chi connectivity index (χ1v) is 10.9. The van der Waals surface area contributed by atoms with Gasteiger partial charge in [-0.25, -0.2) is 0 Å². The van der Waals surface area contributed by atoms with Gasteiger partial charge in [0.2, 0.25) is 0 Å². The van der Waals surface area contributed by atoms with E-state index >= 15 is 0 Å². The number of piperazine rings is 1. The van der Waals surface area contributed by atoms with Crippen LogP contribution in [0.5, 0.6) is 11.5 Å². The monoisotopic (exact) mass is 438 g/mol. The summed E-state index contributed by atoms with van der Waals surface area (Å²) in [5.74, 6) is 1.28. The van der Waals surface area contributed by atoms with Crippen molar-refractivity contribution in [2.45, 2.75) is 13.0 Å². The second kappa shape index (κ2) is 9.45. The van der Waals surface area contributed by atoms with Crippen LogP contribution in [0.25, 0.3) is 10.9 Å². The Morgan fingerprint density at radius 3 is 2.47 bits per heavy atom. The molecule has 1 aliphatic rings. The smallest absolute Gasteiger partial charge is 0.384 e. The molecule has 1 aliphatic heterocycles. The molecule has 0 aliphatic carbocycles. The first-order chi connectivity index (χ1) is 14.4. The van der Waals surface area contributed by atoms with E-state index in [1.165, 1.54) is 0 Å². The fourth-order valence-corrected chi connectivity index (χ4v) is 4.19. The van der Waals surface area contributed by atoms with Crippen molar-refractivity contribution in [1.29, 1.82) is 0 Å². The molecule has 1 saturated heterocycles. The van der Waals surface area contributed by atoms with Gasteiger partial charge in [-0.2, -0.15) is 13.1 Å². The van der Waals surface area contributed by atoms with E-state index in [-0.39, 0.29) is 19.1 Å².